The Labute approximate surface area is 145 Å². The number of hydrogen-bond donors (Lipinski definition) is 0. The van der Waals surface area contributed by atoms with Gasteiger partial charge in [0.1, 0.15) is 0 Å². The van der Waals surface area contributed by atoms with E-state index in [-0.39, 0.29) is 0 Å². The average molecular weight is 327 g/mol. The van der Waals surface area contributed by atoms with Crippen LogP contribution in [0.4, 0.5) is 0 Å². The minimum atomic E-state index is 0.411. The molecule has 1 spiro atoms. The van der Waals surface area contributed by atoms with Gasteiger partial charge in [0.2, 0.25) is 5.91 Å². The fourth-order valence-corrected chi connectivity index (χ4v) is 4.50. The van der Waals surface area contributed by atoms with Crippen LogP contribution in [0, 0.1) is 11.3 Å². The minimum absolute atomic E-state index is 0.411. The van der Waals surface area contributed by atoms with Gasteiger partial charge in [-0.2, -0.15) is 0 Å². The fraction of sp³-hybridized carbons (Fsp3) is 0.700. The smallest absolute Gasteiger partial charge is 0.222 e. The number of pyridine rings is 1. The summed E-state index contributed by atoms with van der Waals surface area (Å²) in [6.07, 6.45) is 10.2. The lowest BCUT2D eigenvalue weighted by molar-refractivity contribution is -0.134. The van der Waals surface area contributed by atoms with Gasteiger partial charge < -0.3 is 4.90 Å². The van der Waals surface area contributed by atoms with E-state index in [4.69, 9.17) is 0 Å². The van der Waals surface area contributed by atoms with Crippen molar-refractivity contribution in [2.24, 2.45) is 11.3 Å². The maximum absolute atomic E-state index is 12.3. The van der Waals surface area contributed by atoms with Crippen LogP contribution >= 0.6 is 0 Å². The normalized spacial score (nSPS) is 24.2. The maximum atomic E-state index is 12.3. The van der Waals surface area contributed by atoms with Gasteiger partial charge in [0, 0.05) is 38.8 Å². The molecule has 0 N–H and O–H groups in total. The second kappa shape index (κ2) is 6.83. The predicted octanol–water partition coefficient (Wildman–Crippen LogP) is 3.09. The van der Waals surface area contributed by atoms with Crippen molar-refractivity contribution in [3.8, 4) is 0 Å². The Morgan fingerprint density at radius 3 is 2.71 bits per heavy atom. The lowest BCUT2D eigenvalue weighted by Gasteiger charge is -2.47. The van der Waals surface area contributed by atoms with Gasteiger partial charge in [-0.05, 0) is 68.5 Å². The molecule has 1 aromatic heterocycles. The van der Waals surface area contributed by atoms with Crippen LogP contribution in [-0.4, -0.2) is 46.9 Å². The summed E-state index contributed by atoms with van der Waals surface area (Å²) in [5.41, 5.74) is 1.61. The van der Waals surface area contributed by atoms with E-state index in [2.05, 4.69) is 26.9 Å². The summed E-state index contributed by atoms with van der Waals surface area (Å²) in [6.45, 7) is 5.27. The first kappa shape index (κ1) is 16.1. The number of carbonyl (C=O) groups excluding carboxylic acids is 1. The van der Waals surface area contributed by atoms with E-state index in [1.165, 1.54) is 57.3 Å². The average Bonchev–Trinajstić information content (AvgIpc) is 3.40. The summed E-state index contributed by atoms with van der Waals surface area (Å²) in [7, 11) is 0. The Morgan fingerprint density at radius 2 is 2.00 bits per heavy atom. The Bertz CT molecular complexity index is 562. The van der Waals surface area contributed by atoms with Crippen molar-refractivity contribution in [1.29, 1.82) is 0 Å². The molecule has 1 amide bonds. The van der Waals surface area contributed by atoms with Crippen molar-refractivity contribution in [3.05, 3.63) is 30.1 Å². The number of aromatic nitrogens is 1. The van der Waals surface area contributed by atoms with Gasteiger partial charge in [0.25, 0.3) is 0 Å². The number of amides is 1. The van der Waals surface area contributed by atoms with E-state index in [0.717, 1.165) is 26.1 Å². The lowest BCUT2D eigenvalue weighted by Crippen LogP contribution is -2.50. The highest BCUT2D eigenvalue weighted by Crippen LogP contribution is 2.41. The first-order chi connectivity index (χ1) is 11.7. The number of nitrogens with zero attached hydrogens (tertiary/aromatic N) is 3. The first-order valence-corrected chi connectivity index (χ1v) is 9.63. The van der Waals surface area contributed by atoms with Crippen molar-refractivity contribution in [1.82, 2.24) is 14.8 Å². The van der Waals surface area contributed by atoms with Crippen LogP contribution in [0.25, 0.3) is 0 Å². The third-order valence-electron chi connectivity index (χ3n) is 6.19. The van der Waals surface area contributed by atoms with Gasteiger partial charge >= 0.3 is 0 Å². The third kappa shape index (κ3) is 3.80. The van der Waals surface area contributed by atoms with Crippen LogP contribution in [0.3, 0.4) is 0 Å². The first-order valence-electron chi connectivity index (χ1n) is 9.63. The molecule has 0 unspecified atom stereocenters. The zero-order valence-corrected chi connectivity index (χ0v) is 14.6. The Hall–Kier alpha value is -1.42. The number of rotatable bonds is 4. The topological polar surface area (TPSA) is 36.4 Å². The van der Waals surface area contributed by atoms with Gasteiger partial charge in [-0.3, -0.25) is 14.7 Å². The predicted molar refractivity (Wildman–Crippen MR) is 94.3 cm³/mol. The third-order valence-corrected chi connectivity index (χ3v) is 6.19. The molecule has 4 nitrogen and oxygen atoms in total. The van der Waals surface area contributed by atoms with Gasteiger partial charge in [-0.25, -0.2) is 0 Å². The molecule has 0 bridgehead atoms. The summed E-state index contributed by atoms with van der Waals surface area (Å²) < 4.78 is 0. The second-order valence-electron chi connectivity index (χ2n) is 8.16. The van der Waals surface area contributed by atoms with Crippen LogP contribution < -0.4 is 0 Å². The molecule has 1 aliphatic carbocycles. The van der Waals surface area contributed by atoms with Crippen LogP contribution in [0.2, 0.25) is 0 Å². The largest absolute Gasteiger partial charge is 0.343 e. The highest BCUT2D eigenvalue weighted by molar-refractivity contribution is 5.76. The summed E-state index contributed by atoms with van der Waals surface area (Å²) in [5.74, 6) is 1.12. The van der Waals surface area contributed by atoms with Gasteiger partial charge in [0.15, 0.2) is 0 Å². The Balaban J connectivity index is 1.31. The number of piperidine rings is 2. The van der Waals surface area contributed by atoms with Crippen LogP contribution in [-0.2, 0) is 11.3 Å². The van der Waals surface area contributed by atoms with Crippen molar-refractivity contribution in [2.75, 3.05) is 26.2 Å². The molecule has 3 fully saturated rings. The SMILES string of the molecule is O=C(CC1CC1)N1CCC2(CCCN(Cc3ccccn3)C2)CC1. The molecule has 2 aliphatic heterocycles. The number of hydrogen-bond acceptors (Lipinski definition) is 3. The molecule has 1 aromatic rings. The molecular formula is C20H29N3O. The molecule has 0 aromatic carbocycles. The maximum Gasteiger partial charge on any atom is 0.222 e. The van der Waals surface area contributed by atoms with E-state index in [9.17, 15) is 4.79 Å². The van der Waals surface area contributed by atoms with Crippen LogP contribution in [0.1, 0.15) is 50.6 Å². The Morgan fingerprint density at radius 1 is 1.17 bits per heavy atom. The monoisotopic (exact) mass is 327 g/mol. The summed E-state index contributed by atoms with van der Waals surface area (Å²) >= 11 is 0. The van der Waals surface area contributed by atoms with E-state index >= 15 is 0 Å². The zero-order valence-electron chi connectivity index (χ0n) is 14.6. The molecule has 3 heterocycles. The van der Waals surface area contributed by atoms with Crippen molar-refractivity contribution in [3.63, 3.8) is 0 Å². The summed E-state index contributed by atoms with van der Waals surface area (Å²) in [6, 6.07) is 6.18. The molecule has 4 heteroatoms. The van der Waals surface area contributed by atoms with E-state index in [1.807, 2.05) is 12.3 Å². The standard InChI is InChI=1S/C20H29N3O/c24-19(14-17-5-6-17)23-12-8-20(9-13-23)7-3-11-22(16-20)15-18-4-1-2-10-21-18/h1-2,4,10,17H,3,5-9,11-16H2. The Kier molecular flexibility index (Phi) is 4.57. The lowest BCUT2D eigenvalue weighted by atomic mass is 9.72. The molecule has 0 radical (unpaired) electrons. The fourth-order valence-electron chi connectivity index (χ4n) is 4.50. The highest BCUT2D eigenvalue weighted by atomic mass is 16.2. The van der Waals surface area contributed by atoms with Crippen molar-refractivity contribution in [2.45, 2.75) is 51.5 Å². The summed E-state index contributed by atoms with van der Waals surface area (Å²) in [5, 5.41) is 0. The molecule has 2 saturated heterocycles. The van der Waals surface area contributed by atoms with Crippen LogP contribution in [0.15, 0.2) is 24.4 Å². The molecule has 1 saturated carbocycles. The molecule has 130 valence electrons. The molecule has 3 aliphatic rings. The zero-order chi connectivity index (χ0) is 16.4. The van der Waals surface area contributed by atoms with Gasteiger partial charge in [-0.15, -0.1) is 0 Å². The quantitative estimate of drug-likeness (QED) is 0.853. The van der Waals surface area contributed by atoms with Crippen LogP contribution in [0.5, 0.6) is 0 Å². The number of likely N-dealkylation sites (tertiary alicyclic amines) is 2. The molecule has 0 atom stereocenters. The van der Waals surface area contributed by atoms with Crippen molar-refractivity contribution < 1.29 is 4.79 Å². The minimum Gasteiger partial charge on any atom is -0.343 e. The summed E-state index contributed by atoms with van der Waals surface area (Å²) in [4.78, 5) is 21.5. The molecular weight excluding hydrogens is 298 g/mol. The van der Waals surface area contributed by atoms with Crippen molar-refractivity contribution >= 4 is 5.91 Å². The molecule has 4 rings (SSSR count). The van der Waals surface area contributed by atoms with Gasteiger partial charge in [0.05, 0.1) is 5.69 Å². The highest BCUT2D eigenvalue weighted by Gasteiger charge is 2.39. The van der Waals surface area contributed by atoms with E-state index in [1.54, 1.807) is 0 Å². The molecule has 24 heavy (non-hydrogen) atoms. The van der Waals surface area contributed by atoms with Gasteiger partial charge in [-0.1, -0.05) is 6.07 Å². The number of carbonyl (C=O) groups is 1. The van der Waals surface area contributed by atoms with E-state index in [0.29, 0.717) is 17.2 Å². The van der Waals surface area contributed by atoms with E-state index < -0.39 is 0 Å². The second-order valence-corrected chi connectivity index (χ2v) is 8.16.